The molecule has 0 amide bonds. The summed E-state index contributed by atoms with van der Waals surface area (Å²) in [4.78, 5) is 0. The number of hydrogen-bond donors (Lipinski definition) is 4. The van der Waals surface area contributed by atoms with E-state index < -0.39 is 0 Å². The van der Waals surface area contributed by atoms with Crippen molar-refractivity contribution >= 4 is 34.4 Å². The van der Waals surface area contributed by atoms with E-state index in [1.165, 1.54) is 6.07 Å². The van der Waals surface area contributed by atoms with Crippen LogP contribution in [0.4, 0.5) is 5.69 Å². The van der Waals surface area contributed by atoms with Crippen LogP contribution in [0.2, 0.25) is 0 Å². The molecule has 0 radical (unpaired) electrons. The second-order valence-electron chi connectivity index (χ2n) is 5.53. The fourth-order valence-electron chi connectivity index (χ4n) is 2.57. The third kappa shape index (κ3) is 2.90. The number of benzene rings is 3. The summed E-state index contributed by atoms with van der Waals surface area (Å²) in [6, 6.07) is 13.6. The summed E-state index contributed by atoms with van der Waals surface area (Å²) in [7, 11) is 0. The summed E-state index contributed by atoms with van der Waals surface area (Å²) in [5.74, 6) is 0.0895. The van der Waals surface area contributed by atoms with Crippen molar-refractivity contribution in [3.63, 3.8) is 0 Å². The Morgan fingerprint density at radius 3 is 2.42 bits per heavy atom. The molecule has 24 heavy (non-hydrogen) atoms. The number of aliphatic hydroxyl groups is 1. The summed E-state index contributed by atoms with van der Waals surface area (Å²) >= 11 is 0. The fraction of sp³-hybridized carbons (Fsp3) is 0. The van der Waals surface area contributed by atoms with E-state index in [2.05, 4.69) is 6.58 Å². The summed E-state index contributed by atoms with van der Waals surface area (Å²) in [5, 5.41) is 30.9. The molecule has 0 atom stereocenters. The molecule has 0 aliphatic rings. The molecule has 3 aromatic rings. The Morgan fingerprint density at radius 1 is 0.958 bits per heavy atom. The lowest BCUT2D eigenvalue weighted by Crippen LogP contribution is -1.90. The number of nitrogens with two attached hydrogens (primary N) is 1. The van der Waals surface area contributed by atoms with Gasteiger partial charge in [0.05, 0.1) is 0 Å². The number of nitrogen functional groups attached to an aromatic ring is 1. The van der Waals surface area contributed by atoms with Crippen LogP contribution in [0.3, 0.4) is 0 Å². The normalized spacial score (nSPS) is 11.2. The largest absolute Gasteiger partial charge is 0.508 e. The minimum absolute atomic E-state index is 0.0283. The number of hydrogen-bond acceptors (Lipinski definition) is 4. The van der Waals surface area contributed by atoms with Crippen LogP contribution < -0.4 is 5.73 Å². The monoisotopic (exact) mass is 319 g/mol. The SMILES string of the molecule is C=C(O)c1ccc(/C=C/c2c(N)ccc3ccc(O)cc23)c(O)c1. The number of anilines is 1. The maximum atomic E-state index is 10.1. The van der Waals surface area contributed by atoms with Crippen molar-refractivity contribution in [2.45, 2.75) is 0 Å². The number of phenols is 2. The van der Waals surface area contributed by atoms with Gasteiger partial charge in [0.1, 0.15) is 17.3 Å². The smallest absolute Gasteiger partial charge is 0.123 e. The van der Waals surface area contributed by atoms with Gasteiger partial charge in [-0.3, -0.25) is 0 Å². The van der Waals surface area contributed by atoms with E-state index in [0.717, 1.165) is 16.3 Å². The van der Waals surface area contributed by atoms with Crippen molar-refractivity contribution in [2.24, 2.45) is 0 Å². The van der Waals surface area contributed by atoms with Gasteiger partial charge in [-0.1, -0.05) is 43.0 Å². The molecule has 0 saturated heterocycles. The molecule has 4 heteroatoms. The first-order chi connectivity index (χ1) is 11.5. The molecule has 0 unspecified atom stereocenters. The van der Waals surface area contributed by atoms with Crippen molar-refractivity contribution in [1.29, 1.82) is 0 Å². The van der Waals surface area contributed by atoms with Gasteiger partial charge in [-0.25, -0.2) is 0 Å². The van der Waals surface area contributed by atoms with Gasteiger partial charge in [0.2, 0.25) is 0 Å². The van der Waals surface area contributed by atoms with Crippen LogP contribution in [0, 0.1) is 0 Å². The number of phenolic OH excluding ortho intramolecular Hbond substituents is 2. The van der Waals surface area contributed by atoms with Gasteiger partial charge in [0.25, 0.3) is 0 Å². The first kappa shape index (κ1) is 15.5. The molecule has 0 fully saturated rings. The van der Waals surface area contributed by atoms with E-state index in [1.807, 2.05) is 12.1 Å². The quantitative estimate of drug-likeness (QED) is 0.324. The third-order valence-electron chi connectivity index (χ3n) is 3.87. The van der Waals surface area contributed by atoms with E-state index in [9.17, 15) is 15.3 Å². The highest BCUT2D eigenvalue weighted by molar-refractivity contribution is 5.98. The van der Waals surface area contributed by atoms with E-state index in [4.69, 9.17) is 5.73 Å². The number of rotatable bonds is 3. The summed E-state index contributed by atoms with van der Waals surface area (Å²) < 4.78 is 0. The Balaban J connectivity index is 2.06. The Kier molecular flexibility index (Phi) is 3.88. The second-order valence-corrected chi connectivity index (χ2v) is 5.53. The molecule has 0 saturated carbocycles. The number of aromatic hydroxyl groups is 2. The molecule has 3 rings (SSSR count). The minimum Gasteiger partial charge on any atom is -0.508 e. The van der Waals surface area contributed by atoms with Crippen molar-refractivity contribution in [1.82, 2.24) is 0 Å². The predicted octanol–water partition coefficient (Wildman–Crippen LogP) is 4.53. The molecule has 0 bridgehead atoms. The van der Waals surface area contributed by atoms with Gasteiger partial charge in [-0.2, -0.15) is 0 Å². The van der Waals surface area contributed by atoms with Crippen LogP contribution in [-0.4, -0.2) is 15.3 Å². The lowest BCUT2D eigenvalue weighted by molar-refractivity contribution is 0.471. The van der Waals surface area contributed by atoms with Crippen molar-refractivity contribution in [3.8, 4) is 11.5 Å². The average Bonchev–Trinajstić information content (AvgIpc) is 2.54. The highest BCUT2D eigenvalue weighted by Crippen LogP contribution is 2.30. The van der Waals surface area contributed by atoms with E-state index >= 15 is 0 Å². The zero-order valence-corrected chi connectivity index (χ0v) is 12.9. The van der Waals surface area contributed by atoms with Crippen molar-refractivity contribution in [2.75, 3.05) is 5.73 Å². The van der Waals surface area contributed by atoms with Crippen molar-refractivity contribution < 1.29 is 15.3 Å². The lowest BCUT2D eigenvalue weighted by atomic mass is 10.0. The fourth-order valence-corrected chi connectivity index (χ4v) is 2.57. The highest BCUT2D eigenvalue weighted by atomic mass is 16.3. The van der Waals surface area contributed by atoms with Crippen LogP contribution in [0.1, 0.15) is 16.7 Å². The van der Waals surface area contributed by atoms with Crippen LogP contribution >= 0.6 is 0 Å². The molecule has 0 heterocycles. The van der Waals surface area contributed by atoms with Gasteiger partial charge in [0, 0.05) is 22.4 Å². The van der Waals surface area contributed by atoms with Crippen LogP contribution in [-0.2, 0) is 0 Å². The first-order valence-corrected chi connectivity index (χ1v) is 7.36. The average molecular weight is 319 g/mol. The molecule has 5 N–H and O–H groups in total. The molecule has 0 aliphatic carbocycles. The Labute approximate surface area is 139 Å². The van der Waals surface area contributed by atoms with E-state index in [-0.39, 0.29) is 17.3 Å². The third-order valence-corrected chi connectivity index (χ3v) is 3.87. The molecule has 0 aromatic heterocycles. The minimum atomic E-state index is -0.102. The maximum Gasteiger partial charge on any atom is 0.123 e. The lowest BCUT2D eigenvalue weighted by Gasteiger charge is -2.08. The molecule has 0 spiro atoms. The number of fused-ring (bicyclic) bond motifs is 1. The van der Waals surface area contributed by atoms with Gasteiger partial charge >= 0.3 is 0 Å². The molecule has 120 valence electrons. The molecule has 0 aliphatic heterocycles. The summed E-state index contributed by atoms with van der Waals surface area (Å²) in [6.45, 7) is 3.43. The summed E-state index contributed by atoms with van der Waals surface area (Å²) in [6.07, 6.45) is 3.52. The number of aliphatic hydroxyl groups excluding tert-OH is 1. The van der Waals surface area contributed by atoms with Crippen LogP contribution in [0.25, 0.3) is 28.7 Å². The van der Waals surface area contributed by atoms with Gasteiger partial charge in [-0.05, 0) is 35.0 Å². The standard InChI is InChI=1S/C20H17NO3/c1-12(22)15-3-2-14(20(24)10-15)5-8-17-18-11-16(23)7-4-13(18)6-9-19(17)21/h2-11,22-24H,1,21H2/b8-5+. The van der Waals surface area contributed by atoms with Gasteiger partial charge in [0.15, 0.2) is 0 Å². The summed E-state index contributed by atoms with van der Waals surface area (Å²) in [5.41, 5.74) is 8.44. The predicted molar refractivity (Wildman–Crippen MR) is 98.7 cm³/mol. The highest BCUT2D eigenvalue weighted by Gasteiger charge is 2.06. The maximum absolute atomic E-state index is 10.1. The molecular formula is C20H17NO3. The van der Waals surface area contributed by atoms with Gasteiger partial charge in [-0.15, -0.1) is 0 Å². The van der Waals surface area contributed by atoms with Gasteiger partial charge < -0.3 is 21.1 Å². The van der Waals surface area contributed by atoms with E-state index in [0.29, 0.717) is 16.8 Å². The molecule has 4 nitrogen and oxygen atoms in total. The Morgan fingerprint density at radius 2 is 1.71 bits per heavy atom. The Bertz CT molecular complexity index is 969. The zero-order chi connectivity index (χ0) is 17.3. The van der Waals surface area contributed by atoms with Crippen LogP contribution in [0.15, 0.2) is 55.1 Å². The first-order valence-electron chi connectivity index (χ1n) is 7.36. The van der Waals surface area contributed by atoms with Crippen molar-refractivity contribution in [3.05, 3.63) is 71.8 Å². The van der Waals surface area contributed by atoms with E-state index in [1.54, 1.807) is 42.5 Å². The topological polar surface area (TPSA) is 86.7 Å². The zero-order valence-electron chi connectivity index (χ0n) is 12.9. The molecule has 3 aromatic carbocycles. The van der Waals surface area contributed by atoms with Crippen LogP contribution in [0.5, 0.6) is 11.5 Å². The Hall–Kier alpha value is -3.40. The molecular weight excluding hydrogens is 302 g/mol. The second kappa shape index (κ2) is 6.01.